The summed E-state index contributed by atoms with van der Waals surface area (Å²) >= 11 is 0. The van der Waals surface area contributed by atoms with E-state index >= 15 is 0 Å². The Balaban J connectivity index is 2.26. The fourth-order valence-electron chi connectivity index (χ4n) is 3.46. The van der Waals surface area contributed by atoms with Crippen LogP contribution >= 0.6 is 0 Å². The van der Waals surface area contributed by atoms with Crippen molar-refractivity contribution in [1.29, 1.82) is 0 Å². The van der Waals surface area contributed by atoms with Crippen LogP contribution in [0.5, 0.6) is 5.88 Å². The lowest BCUT2D eigenvalue weighted by molar-refractivity contribution is 0.186. The van der Waals surface area contributed by atoms with Gasteiger partial charge in [0.2, 0.25) is 5.88 Å². The first kappa shape index (κ1) is 15.2. The standard InChI is InChI=1S/C16H27N3O/c1-11(2)12-5-6-13(10-17-3)14(9-12)15-16(20-4)19-8-7-18-15/h7-8,11-14,17H,5-6,9-10H2,1-4H3. The van der Waals surface area contributed by atoms with Gasteiger partial charge in [0.05, 0.1) is 7.11 Å². The molecule has 1 aliphatic rings. The number of hydrogen-bond donors (Lipinski definition) is 1. The molecule has 0 aliphatic heterocycles. The Bertz CT molecular complexity index is 422. The Hall–Kier alpha value is -1.16. The van der Waals surface area contributed by atoms with E-state index in [9.17, 15) is 0 Å². The van der Waals surface area contributed by atoms with Crippen molar-refractivity contribution in [3.8, 4) is 5.88 Å². The predicted octanol–water partition coefficient (Wildman–Crippen LogP) is 2.86. The highest BCUT2D eigenvalue weighted by Gasteiger charge is 2.35. The van der Waals surface area contributed by atoms with E-state index in [0.717, 1.165) is 24.1 Å². The number of nitrogens with zero attached hydrogens (tertiary/aromatic N) is 2. The minimum absolute atomic E-state index is 0.451. The van der Waals surface area contributed by atoms with Gasteiger partial charge in [0.25, 0.3) is 0 Å². The summed E-state index contributed by atoms with van der Waals surface area (Å²) in [4.78, 5) is 8.92. The first-order valence-corrected chi connectivity index (χ1v) is 7.66. The first-order valence-electron chi connectivity index (χ1n) is 7.66. The van der Waals surface area contributed by atoms with Crippen molar-refractivity contribution in [1.82, 2.24) is 15.3 Å². The van der Waals surface area contributed by atoms with Gasteiger partial charge in [-0.15, -0.1) is 0 Å². The van der Waals surface area contributed by atoms with E-state index in [-0.39, 0.29) is 0 Å². The first-order chi connectivity index (χ1) is 9.67. The largest absolute Gasteiger partial charge is 0.480 e. The van der Waals surface area contributed by atoms with Gasteiger partial charge in [0, 0.05) is 18.3 Å². The molecule has 0 bridgehead atoms. The molecular formula is C16H27N3O. The molecule has 1 saturated carbocycles. The zero-order valence-electron chi connectivity index (χ0n) is 13.1. The van der Waals surface area contributed by atoms with Gasteiger partial charge in [0.15, 0.2) is 0 Å². The van der Waals surface area contributed by atoms with E-state index in [1.807, 2.05) is 7.05 Å². The maximum Gasteiger partial charge on any atom is 0.235 e. The zero-order valence-corrected chi connectivity index (χ0v) is 13.1. The third-order valence-corrected chi connectivity index (χ3v) is 4.68. The van der Waals surface area contributed by atoms with E-state index in [4.69, 9.17) is 4.74 Å². The molecule has 4 heteroatoms. The van der Waals surface area contributed by atoms with Gasteiger partial charge in [-0.2, -0.15) is 0 Å². The van der Waals surface area contributed by atoms with Crippen molar-refractivity contribution in [2.45, 2.75) is 39.0 Å². The minimum Gasteiger partial charge on any atom is -0.480 e. The van der Waals surface area contributed by atoms with Crippen molar-refractivity contribution < 1.29 is 4.74 Å². The Morgan fingerprint density at radius 3 is 2.70 bits per heavy atom. The van der Waals surface area contributed by atoms with Crippen LogP contribution < -0.4 is 10.1 Å². The van der Waals surface area contributed by atoms with E-state index in [0.29, 0.717) is 17.7 Å². The third-order valence-electron chi connectivity index (χ3n) is 4.68. The molecule has 1 aromatic rings. The molecule has 1 aliphatic carbocycles. The number of nitrogens with one attached hydrogen (secondary N) is 1. The second-order valence-corrected chi connectivity index (χ2v) is 6.19. The van der Waals surface area contributed by atoms with Crippen LogP contribution in [0.15, 0.2) is 12.4 Å². The van der Waals surface area contributed by atoms with Crippen LogP contribution in [0, 0.1) is 17.8 Å². The van der Waals surface area contributed by atoms with E-state index in [2.05, 4.69) is 29.1 Å². The summed E-state index contributed by atoms with van der Waals surface area (Å²) in [6, 6.07) is 0. The molecule has 112 valence electrons. The second-order valence-electron chi connectivity index (χ2n) is 6.19. The van der Waals surface area contributed by atoms with Crippen molar-refractivity contribution in [3.63, 3.8) is 0 Å². The normalized spacial score (nSPS) is 26.8. The molecule has 1 N–H and O–H groups in total. The summed E-state index contributed by atoms with van der Waals surface area (Å²) in [6.07, 6.45) is 7.27. The highest BCUT2D eigenvalue weighted by atomic mass is 16.5. The predicted molar refractivity (Wildman–Crippen MR) is 80.9 cm³/mol. The highest BCUT2D eigenvalue weighted by molar-refractivity contribution is 5.23. The van der Waals surface area contributed by atoms with Crippen LogP contribution in [-0.2, 0) is 0 Å². The summed E-state index contributed by atoms with van der Waals surface area (Å²) in [6.45, 7) is 5.69. The van der Waals surface area contributed by atoms with Gasteiger partial charge >= 0.3 is 0 Å². The molecule has 0 saturated heterocycles. The molecule has 0 spiro atoms. The van der Waals surface area contributed by atoms with Crippen LogP contribution in [0.2, 0.25) is 0 Å². The molecule has 20 heavy (non-hydrogen) atoms. The van der Waals surface area contributed by atoms with Crippen LogP contribution in [0.3, 0.4) is 0 Å². The molecule has 1 heterocycles. The summed E-state index contributed by atoms with van der Waals surface area (Å²) in [5.41, 5.74) is 1.04. The van der Waals surface area contributed by atoms with E-state index in [1.165, 1.54) is 19.3 Å². The molecular weight excluding hydrogens is 250 g/mol. The Labute approximate surface area is 122 Å². The van der Waals surface area contributed by atoms with Gasteiger partial charge in [-0.05, 0) is 50.6 Å². The van der Waals surface area contributed by atoms with Crippen molar-refractivity contribution >= 4 is 0 Å². The topological polar surface area (TPSA) is 47.0 Å². The molecule has 1 aromatic heterocycles. The minimum atomic E-state index is 0.451. The fraction of sp³-hybridized carbons (Fsp3) is 0.750. The van der Waals surface area contributed by atoms with Gasteiger partial charge < -0.3 is 10.1 Å². The van der Waals surface area contributed by atoms with Gasteiger partial charge in [0.1, 0.15) is 5.69 Å². The summed E-state index contributed by atoms with van der Waals surface area (Å²) in [7, 11) is 3.71. The molecule has 4 nitrogen and oxygen atoms in total. The summed E-state index contributed by atoms with van der Waals surface area (Å²) in [5.74, 6) is 3.28. The van der Waals surface area contributed by atoms with Gasteiger partial charge in [-0.25, -0.2) is 4.98 Å². The quantitative estimate of drug-likeness (QED) is 0.899. The molecule has 3 unspecified atom stereocenters. The van der Waals surface area contributed by atoms with E-state index in [1.54, 1.807) is 19.5 Å². The number of aromatic nitrogens is 2. The SMILES string of the molecule is CNCC1CCC(C(C)C)CC1c1nccnc1OC. The molecule has 0 amide bonds. The lowest BCUT2D eigenvalue weighted by atomic mass is 9.69. The number of methoxy groups -OCH3 is 1. The molecule has 3 atom stereocenters. The molecule has 0 radical (unpaired) electrons. The lowest BCUT2D eigenvalue weighted by Gasteiger charge is -2.37. The Morgan fingerprint density at radius 2 is 2.05 bits per heavy atom. The summed E-state index contributed by atoms with van der Waals surface area (Å²) in [5, 5.41) is 3.33. The maximum absolute atomic E-state index is 5.43. The Kier molecular flexibility index (Phi) is 5.35. The molecule has 2 rings (SSSR count). The second kappa shape index (κ2) is 7.02. The van der Waals surface area contributed by atoms with Crippen LogP contribution in [0.1, 0.15) is 44.7 Å². The maximum atomic E-state index is 5.43. The molecule has 0 aromatic carbocycles. The molecule has 1 fully saturated rings. The lowest BCUT2D eigenvalue weighted by Crippen LogP contribution is -2.32. The smallest absolute Gasteiger partial charge is 0.235 e. The van der Waals surface area contributed by atoms with Crippen molar-refractivity contribution in [3.05, 3.63) is 18.1 Å². The zero-order chi connectivity index (χ0) is 14.5. The van der Waals surface area contributed by atoms with Gasteiger partial charge in [-0.3, -0.25) is 4.98 Å². The van der Waals surface area contributed by atoms with Crippen molar-refractivity contribution in [2.75, 3.05) is 20.7 Å². The van der Waals surface area contributed by atoms with Crippen LogP contribution in [0.25, 0.3) is 0 Å². The number of hydrogen-bond acceptors (Lipinski definition) is 4. The average Bonchev–Trinajstić information content (AvgIpc) is 2.47. The third kappa shape index (κ3) is 3.29. The fourth-order valence-corrected chi connectivity index (χ4v) is 3.46. The number of ether oxygens (including phenoxy) is 1. The average molecular weight is 277 g/mol. The highest BCUT2D eigenvalue weighted by Crippen LogP contribution is 2.44. The van der Waals surface area contributed by atoms with Crippen LogP contribution in [0.4, 0.5) is 0 Å². The van der Waals surface area contributed by atoms with Crippen molar-refractivity contribution in [2.24, 2.45) is 17.8 Å². The van der Waals surface area contributed by atoms with E-state index < -0.39 is 0 Å². The monoisotopic (exact) mass is 277 g/mol. The number of rotatable bonds is 5. The van der Waals surface area contributed by atoms with Gasteiger partial charge in [-0.1, -0.05) is 13.8 Å². The summed E-state index contributed by atoms with van der Waals surface area (Å²) < 4.78 is 5.43. The Morgan fingerprint density at radius 1 is 1.30 bits per heavy atom. The van der Waals surface area contributed by atoms with Crippen LogP contribution in [-0.4, -0.2) is 30.7 Å².